The van der Waals surface area contributed by atoms with E-state index < -0.39 is 0 Å². The second-order valence-electron chi connectivity index (χ2n) is 4.49. The molecule has 1 unspecified atom stereocenters. The molecule has 1 heterocycles. The van der Waals surface area contributed by atoms with Crippen molar-refractivity contribution in [3.05, 3.63) is 24.0 Å². The van der Waals surface area contributed by atoms with E-state index in [1.807, 2.05) is 0 Å². The van der Waals surface area contributed by atoms with Crippen LogP contribution in [0, 0.1) is 5.92 Å². The number of anilines is 1. The number of hydrogen-bond acceptors (Lipinski definition) is 3. The van der Waals surface area contributed by atoms with E-state index in [9.17, 15) is 4.79 Å². The summed E-state index contributed by atoms with van der Waals surface area (Å²) in [5.74, 6) is 0.537. The van der Waals surface area contributed by atoms with Gasteiger partial charge in [-0.05, 0) is 18.1 Å². The highest BCUT2D eigenvalue weighted by Gasteiger charge is 2.16. The van der Waals surface area contributed by atoms with E-state index >= 15 is 0 Å². The van der Waals surface area contributed by atoms with Crippen molar-refractivity contribution in [1.29, 1.82) is 0 Å². The predicted octanol–water partition coefficient (Wildman–Crippen LogP) is 3.45. The zero-order valence-electron chi connectivity index (χ0n) is 10.8. The molecule has 0 aliphatic heterocycles. The van der Waals surface area contributed by atoms with E-state index in [1.165, 1.54) is 12.8 Å². The van der Waals surface area contributed by atoms with Crippen LogP contribution in [0.1, 0.15) is 56.4 Å². The fraction of sp³-hybridized carbons (Fsp3) is 0.571. The van der Waals surface area contributed by atoms with E-state index in [-0.39, 0.29) is 5.78 Å². The molecule has 0 bridgehead atoms. The molecular weight excluding hydrogens is 212 g/mol. The summed E-state index contributed by atoms with van der Waals surface area (Å²) >= 11 is 0. The maximum atomic E-state index is 12.1. The van der Waals surface area contributed by atoms with Crippen molar-refractivity contribution in [2.75, 3.05) is 5.73 Å². The molecule has 0 fully saturated rings. The van der Waals surface area contributed by atoms with Crippen LogP contribution in [0.25, 0.3) is 0 Å². The molecule has 0 amide bonds. The molecule has 1 aromatic heterocycles. The van der Waals surface area contributed by atoms with Crippen molar-refractivity contribution in [3.63, 3.8) is 0 Å². The number of nitrogens with zero attached hydrogens (tertiary/aromatic N) is 1. The van der Waals surface area contributed by atoms with Crippen molar-refractivity contribution in [2.24, 2.45) is 5.92 Å². The minimum absolute atomic E-state index is 0.0750. The standard InChI is InChI=1S/C14H22N2O/c1-3-5-7-11(4-2)10-13(17)14-12(15)8-6-9-16-14/h6,8-9,11H,3-5,7,10,15H2,1-2H3. The number of hydrogen-bond donors (Lipinski definition) is 1. The predicted molar refractivity (Wildman–Crippen MR) is 70.9 cm³/mol. The van der Waals surface area contributed by atoms with Gasteiger partial charge in [-0.2, -0.15) is 0 Å². The molecule has 0 saturated carbocycles. The normalized spacial score (nSPS) is 12.4. The molecule has 3 nitrogen and oxygen atoms in total. The maximum Gasteiger partial charge on any atom is 0.183 e. The lowest BCUT2D eigenvalue weighted by atomic mass is 9.92. The minimum Gasteiger partial charge on any atom is -0.397 e. The molecule has 1 aromatic rings. The number of nitrogens with two attached hydrogens (primary N) is 1. The first-order chi connectivity index (χ1) is 8.19. The third-order valence-corrected chi connectivity index (χ3v) is 3.12. The van der Waals surface area contributed by atoms with Crippen molar-refractivity contribution < 1.29 is 4.79 Å². The Morgan fingerprint density at radius 3 is 2.82 bits per heavy atom. The maximum absolute atomic E-state index is 12.1. The summed E-state index contributed by atoms with van der Waals surface area (Å²) in [5, 5.41) is 0. The highest BCUT2D eigenvalue weighted by Crippen LogP contribution is 2.20. The summed E-state index contributed by atoms with van der Waals surface area (Å²) in [7, 11) is 0. The van der Waals surface area contributed by atoms with E-state index in [1.54, 1.807) is 18.3 Å². The quantitative estimate of drug-likeness (QED) is 0.735. The number of ketones is 1. The Balaban J connectivity index is 2.61. The van der Waals surface area contributed by atoms with E-state index in [4.69, 9.17) is 5.73 Å². The number of Topliss-reactive ketones (excluding diaryl/α,β-unsaturated/α-hetero) is 1. The Bertz CT molecular complexity index is 363. The van der Waals surface area contributed by atoms with Gasteiger partial charge in [0.25, 0.3) is 0 Å². The summed E-state index contributed by atoms with van der Waals surface area (Å²) in [6.07, 6.45) is 6.71. The Labute approximate surface area is 103 Å². The molecule has 0 aromatic carbocycles. The van der Waals surface area contributed by atoms with Gasteiger partial charge in [0.2, 0.25) is 0 Å². The highest BCUT2D eigenvalue weighted by atomic mass is 16.1. The van der Waals surface area contributed by atoms with Crippen LogP contribution in [0.15, 0.2) is 18.3 Å². The van der Waals surface area contributed by atoms with Gasteiger partial charge in [-0.3, -0.25) is 9.78 Å². The minimum atomic E-state index is 0.0750. The van der Waals surface area contributed by atoms with Crippen molar-refractivity contribution in [2.45, 2.75) is 46.0 Å². The first-order valence-electron chi connectivity index (χ1n) is 6.42. The van der Waals surface area contributed by atoms with Crippen LogP contribution in [0.3, 0.4) is 0 Å². The summed E-state index contributed by atoms with van der Waals surface area (Å²) < 4.78 is 0. The van der Waals surface area contributed by atoms with Crippen molar-refractivity contribution in [1.82, 2.24) is 4.98 Å². The number of carbonyl (C=O) groups is 1. The molecule has 94 valence electrons. The molecule has 17 heavy (non-hydrogen) atoms. The van der Waals surface area contributed by atoms with Crippen molar-refractivity contribution >= 4 is 11.5 Å². The lowest BCUT2D eigenvalue weighted by Gasteiger charge is -2.13. The molecule has 0 radical (unpaired) electrons. The zero-order valence-corrected chi connectivity index (χ0v) is 10.8. The van der Waals surface area contributed by atoms with Gasteiger partial charge < -0.3 is 5.73 Å². The third kappa shape index (κ3) is 4.17. The first-order valence-corrected chi connectivity index (χ1v) is 6.42. The zero-order chi connectivity index (χ0) is 12.7. The molecule has 0 saturated heterocycles. The molecule has 3 heteroatoms. The average molecular weight is 234 g/mol. The smallest absolute Gasteiger partial charge is 0.183 e. The Hall–Kier alpha value is -1.38. The van der Waals surface area contributed by atoms with Crippen LogP contribution in [0.5, 0.6) is 0 Å². The van der Waals surface area contributed by atoms with E-state index in [0.29, 0.717) is 23.7 Å². The van der Waals surface area contributed by atoms with Crippen LogP contribution >= 0.6 is 0 Å². The van der Waals surface area contributed by atoms with Gasteiger partial charge in [-0.25, -0.2) is 0 Å². The van der Waals surface area contributed by atoms with Gasteiger partial charge >= 0.3 is 0 Å². The molecule has 0 aliphatic carbocycles. The summed E-state index contributed by atoms with van der Waals surface area (Å²) in [6.45, 7) is 4.31. The number of rotatable bonds is 7. The third-order valence-electron chi connectivity index (χ3n) is 3.12. The second-order valence-corrected chi connectivity index (χ2v) is 4.49. The number of carbonyl (C=O) groups excluding carboxylic acids is 1. The van der Waals surface area contributed by atoms with Crippen LogP contribution in [0.4, 0.5) is 5.69 Å². The second kappa shape index (κ2) is 7.05. The lowest BCUT2D eigenvalue weighted by Crippen LogP contribution is -2.12. The molecular formula is C14H22N2O. The number of pyridine rings is 1. The van der Waals surface area contributed by atoms with Crippen LogP contribution < -0.4 is 5.73 Å². The van der Waals surface area contributed by atoms with E-state index in [2.05, 4.69) is 18.8 Å². The van der Waals surface area contributed by atoms with Gasteiger partial charge in [0.05, 0.1) is 5.69 Å². The van der Waals surface area contributed by atoms with Crippen LogP contribution in [-0.2, 0) is 0 Å². The largest absolute Gasteiger partial charge is 0.397 e. The first kappa shape index (κ1) is 13.7. The fourth-order valence-electron chi connectivity index (χ4n) is 1.95. The van der Waals surface area contributed by atoms with Crippen LogP contribution in [0.2, 0.25) is 0 Å². The summed E-state index contributed by atoms with van der Waals surface area (Å²) in [6, 6.07) is 3.48. The van der Waals surface area contributed by atoms with Gasteiger partial charge in [0.15, 0.2) is 5.78 Å². The molecule has 2 N–H and O–H groups in total. The Morgan fingerprint density at radius 2 is 2.24 bits per heavy atom. The Kier molecular flexibility index (Phi) is 5.67. The van der Waals surface area contributed by atoms with Gasteiger partial charge in [-0.15, -0.1) is 0 Å². The Morgan fingerprint density at radius 1 is 1.47 bits per heavy atom. The molecule has 0 aliphatic rings. The average Bonchev–Trinajstić information content (AvgIpc) is 2.34. The topological polar surface area (TPSA) is 56.0 Å². The molecule has 1 atom stereocenters. The lowest BCUT2D eigenvalue weighted by molar-refractivity contribution is 0.0953. The number of aromatic nitrogens is 1. The molecule has 1 rings (SSSR count). The fourth-order valence-corrected chi connectivity index (χ4v) is 1.95. The van der Waals surface area contributed by atoms with E-state index in [0.717, 1.165) is 12.8 Å². The molecule has 0 spiro atoms. The number of nitrogen functional groups attached to an aromatic ring is 1. The highest BCUT2D eigenvalue weighted by molar-refractivity contribution is 5.98. The van der Waals surface area contributed by atoms with Crippen LogP contribution in [-0.4, -0.2) is 10.8 Å². The van der Waals surface area contributed by atoms with Gasteiger partial charge in [0.1, 0.15) is 5.69 Å². The van der Waals surface area contributed by atoms with Gasteiger partial charge in [-0.1, -0.05) is 39.5 Å². The van der Waals surface area contributed by atoms with Crippen molar-refractivity contribution in [3.8, 4) is 0 Å². The summed E-state index contributed by atoms with van der Waals surface area (Å²) in [5.41, 5.74) is 6.68. The number of unbranched alkanes of at least 4 members (excludes halogenated alkanes) is 1. The van der Waals surface area contributed by atoms with Gasteiger partial charge in [0, 0.05) is 12.6 Å². The summed E-state index contributed by atoms with van der Waals surface area (Å²) in [4.78, 5) is 16.1. The SMILES string of the molecule is CCCCC(CC)CC(=O)c1ncccc1N. The monoisotopic (exact) mass is 234 g/mol.